The van der Waals surface area contributed by atoms with Crippen molar-refractivity contribution in [3.05, 3.63) is 73.7 Å². The highest BCUT2D eigenvalue weighted by molar-refractivity contribution is 7.11. The van der Waals surface area contributed by atoms with Gasteiger partial charge in [-0.3, -0.25) is 0 Å². The summed E-state index contributed by atoms with van der Waals surface area (Å²) in [6.45, 7) is 1.83. The van der Waals surface area contributed by atoms with Crippen molar-refractivity contribution in [2.45, 2.75) is 6.92 Å². The van der Waals surface area contributed by atoms with Gasteiger partial charge in [-0.2, -0.15) is 5.26 Å². The molecule has 0 aliphatic heterocycles. The maximum Gasteiger partial charge on any atom is 0.345 e. The van der Waals surface area contributed by atoms with E-state index in [0.717, 1.165) is 5.76 Å². The fourth-order valence-electron chi connectivity index (χ4n) is 2.61. The lowest BCUT2D eigenvalue weighted by molar-refractivity contribution is 0.525. The molecule has 0 fully saturated rings. The summed E-state index contributed by atoms with van der Waals surface area (Å²) in [5, 5.41) is 12.9. The van der Waals surface area contributed by atoms with Crippen molar-refractivity contribution >= 4 is 45.6 Å². The van der Waals surface area contributed by atoms with Crippen LogP contribution in [0.2, 0.25) is 5.02 Å². The molecule has 3 aromatic heterocycles. The molecular weight excluding hydrogens is 384 g/mol. The van der Waals surface area contributed by atoms with Crippen LogP contribution in [0.3, 0.4) is 0 Å². The van der Waals surface area contributed by atoms with Crippen LogP contribution in [-0.2, 0) is 0 Å². The minimum absolute atomic E-state index is 0.318. The van der Waals surface area contributed by atoms with Crippen LogP contribution < -0.4 is 5.63 Å². The van der Waals surface area contributed by atoms with E-state index in [1.807, 2.05) is 13.0 Å². The lowest BCUT2D eigenvalue weighted by atomic mass is 10.1. The van der Waals surface area contributed by atoms with Crippen LogP contribution in [0.4, 0.5) is 0 Å². The molecule has 0 N–H and O–H groups in total. The molecule has 0 saturated carbocycles. The van der Waals surface area contributed by atoms with Crippen LogP contribution in [0, 0.1) is 18.3 Å². The van der Waals surface area contributed by atoms with Crippen molar-refractivity contribution in [2.75, 3.05) is 0 Å². The average Bonchev–Trinajstić information content (AvgIpc) is 3.28. The van der Waals surface area contributed by atoms with Crippen molar-refractivity contribution in [3.8, 4) is 17.3 Å². The molecule has 4 rings (SSSR count). The Hall–Kier alpha value is -3.14. The standard InChI is InChI=1S/C20H11ClN2O3S/c1-11-2-4-15(25-11)7-13(9-22)19-23-17(10-27-19)16-8-12-6-14(21)3-5-18(12)26-20(16)24/h2-8,10H,1H3/b13-7+. The van der Waals surface area contributed by atoms with E-state index in [4.69, 9.17) is 20.4 Å². The highest BCUT2D eigenvalue weighted by Gasteiger charge is 2.14. The molecule has 0 aliphatic carbocycles. The van der Waals surface area contributed by atoms with Gasteiger partial charge in [0.25, 0.3) is 0 Å². The highest BCUT2D eigenvalue weighted by Crippen LogP contribution is 2.28. The van der Waals surface area contributed by atoms with Crippen molar-refractivity contribution in [1.82, 2.24) is 4.98 Å². The van der Waals surface area contributed by atoms with Gasteiger partial charge in [-0.15, -0.1) is 11.3 Å². The van der Waals surface area contributed by atoms with Crippen LogP contribution in [0.25, 0.3) is 33.9 Å². The van der Waals surface area contributed by atoms with E-state index in [9.17, 15) is 10.1 Å². The Kier molecular flexibility index (Phi) is 4.40. The van der Waals surface area contributed by atoms with Gasteiger partial charge in [0, 0.05) is 21.9 Å². The number of fused-ring (bicyclic) bond motifs is 1. The summed E-state index contributed by atoms with van der Waals surface area (Å²) >= 11 is 7.28. The number of aromatic nitrogens is 1. The highest BCUT2D eigenvalue weighted by atomic mass is 35.5. The SMILES string of the molecule is Cc1ccc(/C=C(\C#N)c2nc(-c3cc4cc(Cl)ccc4oc3=O)cs2)o1. The van der Waals surface area contributed by atoms with Crippen molar-refractivity contribution in [1.29, 1.82) is 5.26 Å². The Morgan fingerprint density at radius 3 is 2.85 bits per heavy atom. The van der Waals surface area contributed by atoms with E-state index in [-0.39, 0.29) is 0 Å². The van der Waals surface area contributed by atoms with Crippen LogP contribution in [0.1, 0.15) is 16.5 Å². The first kappa shape index (κ1) is 17.3. The molecule has 3 heterocycles. The molecule has 0 spiro atoms. The van der Waals surface area contributed by atoms with Crippen LogP contribution in [-0.4, -0.2) is 4.98 Å². The van der Waals surface area contributed by atoms with E-state index in [1.165, 1.54) is 11.3 Å². The van der Waals surface area contributed by atoms with E-state index in [2.05, 4.69) is 11.1 Å². The van der Waals surface area contributed by atoms with E-state index in [1.54, 1.807) is 41.8 Å². The van der Waals surface area contributed by atoms with Gasteiger partial charge < -0.3 is 8.83 Å². The van der Waals surface area contributed by atoms with Crippen molar-refractivity contribution in [2.24, 2.45) is 0 Å². The first-order chi connectivity index (χ1) is 13.0. The predicted octanol–water partition coefficient (Wildman–Crippen LogP) is 5.54. The summed E-state index contributed by atoms with van der Waals surface area (Å²) < 4.78 is 10.8. The van der Waals surface area contributed by atoms with E-state index in [0.29, 0.717) is 43.6 Å². The lowest BCUT2D eigenvalue weighted by Gasteiger charge is -2.00. The maximum atomic E-state index is 12.3. The van der Waals surface area contributed by atoms with Crippen molar-refractivity contribution < 1.29 is 8.83 Å². The quantitative estimate of drug-likeness (QED) is 0.337. The third kappa shape index (κ3) is 3.43. The average molecular weight is 395 g/mol. The third-order valence-electron chi connectivity index (χ3n) is 3.87. The summed E-state index contributed by atoms with van der Waals surface area (Å²) in [6, 6.07) is 12.4. The molecule has 0 saturated heterocycles. The third-order valence-corrected chi connectivity index (χ3v) is 4.98. The second-order valence-electron chi connectivity index (χ2n) is 5.79. The zero-order chi connectivity index (χ0) is 19.0. The first-order valence-electron chi connectivity index (χ1n) is 7.91. The number of furan rings is 1. The van der Waals surface area contributed by atoms with E-state index >= 15 is 0 Å². The molecule has 0 aliphatic rings. The minimum Gasteiger partial charge on any atom is -0.462 e. The number of hydrogen-bond acceptors (Lipinski definition) is 6. The van der Waals surface area contributed by atoms with Gasteiger partial charge in [-0.05, 0) is 43.3 Å². The molecule has 7 heteroatoms. The second kappa shape index (κ2) is 6.88. The van der Waals surface area contributed by atoms with Gasteiger partial charge in [-0.25, -0.2) is 9.78 Å². The number of aryl methyl sites for hydroxylation is 1. The normalized spacial score (nSPS) is 11.7. The zero-order valence-corrected chi connectivity index (χ0v) is 15.6. The number of nitrogens with zero attached hydrogens (tertiary/aromatic N) is 2. The number of allylic oxidation sites excluding steroid dienone is 1. The predicted molar refractivity (Wildman–Crippen MR) is 106 cm³/mol. The van der Waals surface area contributed by atoms with Gasteiger partial charge in [0.1, 0.15) is 28.2 Å². The maximum absolute atomic E-state index is 12.3. The van der Waals surface area contributed by atoms with Crippen LogP contribution in [0.15, 0.2) is 55.4 Å². The topological polar surface area (TPSA) is 80.0 Å². The number of nitriles is 1. The monoisotopic (exact) mass is 394 g/mol. The summed E-state index contributed by atoms with van der Waals surface area (Å²) in [5.74, 6) is 1.33. The Bertz CT molecular complexity index is 1290. The molecule has 27 heavy (non-hydrogen) atoms. The summed E-state index contributed by atoms with van der Waals surface area (Å²) in [5.41, 5.74) is 1.08. The number of rotatable bonds is 3. The fraction of sp³-hybridized carbons (Fsp3) is 0.0500. The van der Waals surface area contributed by atoms with Gasteiger partial charge in [0.05, 0.1) is 16.8 Å². The number of thiazole rings is 1. The minimum atomic E-state index is -0.495. The Balaban J connectivity index is 1.77. The van der Waals surface area contributed by atoms with E-state index < -0.39 is 5.63 Å². The zero-order valence-electron chi connectivity index (χ0n) is 14.0. The Morgan fingerprint density at radius 1 is 1.26 bits per heavy atom. The summed E-state index contributed by atoms with van der Waals surface area (Å²) in [7, 11) is 0. The molecule has 1 aromatic carbocycles. The number of hydrogen-bond donors (Lipinski definition) is 0. The molecule has 5 nitrogen and oxygen atoms in total. The van der Waals surface area contributed by atoms with Gasteiger partial charge in [0.2, 0.25) is 0 Å². The van der Waals surface area contributed by atoms with Gasteiger partial charge in [-0.1, -0.05) is 11.6 Å². The summed E-state index contributed by atoms with van der Waals surface area (Å²) in [6.07, 6.45) is 1.62. The molecule has 0 radical (unpaired) electrons. The Labute approximate surface area is 162 Å². The molecule has 0 amide bonds. The number of halogens is 1. The van der Waals surface area contributed by atoms with Gasteiger partial charge in [0.15, 0.2) is 0 Å². The Morgan fingerprint density at radius 2 is 2.11 bits per heavy atom. The van der Waals surface area contributed by atoms with Crippen LogP contribution in [0.5, 0.6) is 0 Å². The van der Waals surface area contributed by atoms with Crippen molar-refractivity contribution in [3.63, 3.8) is 0 Å². The first-order valence-corrected chi connectivity index (χ1v) is 9.17. The molecule has 0 atom stereocenters. The molecule has 0 bridgehead atoms. The fourth-order valence-corrected chi connectivity index (χ4v) is 3.58. The van der Waals surface area contributed by atoms with Crippen LogP contribution >= 0.6 is 22.9 Å². The molecule has 4 aromatic rings. The molecule has 0 unspecified atom stereocenters. The largest absolute Gasteiger partial charge is 0.462 e. The van der Waals surface area contributed by atoms with Gasteiger partial charge >= 0.3 is 5.63 Å². The molecular formula is C20H11ClN2O3S. The smallest absolute Gasteiger partial charge is 0.345 e. The number of benzene rings is 1. The molecule has 132 valence electrons. The summed E-state index contributed by atoms with van der Waals surface area (Å²) in [4.78, 5) is 16.8. The second-order valence-corrected chi connectivity index (χ2v) is 7.08. The lowest BCUT2D eigenvalue weighted by Crippen LogP contribution is -2.02.